The van der Waals surface area contributed by atoms with Crippen LogP contribution >= 0.6 is 0 Å². The van der Waals surface area contributed by atoms with Crippen LogP contribution in [0.3, 0.4) is 0 Å². The fourth-order valence-electron chi connectivity index (χ4n) is 4.05. The summed E-state index contributed by atoms with van der Waals surface area (Å²) >= 11 is 0. The minimum atomic E-state index is -0.683. The monoisotopic (exact) mass is 363 g/mol. The normalized spacial score (nSPS) is 23.0. The fourth-order valence-corrected chi connectivity index (χ4v) is 4.05. The molecule has 2 aliphatic rings. The molecule has 1 fully saturated rings. The Morgan fingerprint density at radius 1 is 1.31 bits per heavy atom. The van der Waals surface area contributed by atoms with Crippen molar-refractivity contribution in [1.29, 1.82) is 0 Å². The first kappa shape index (κ1) is 19.0. The van der Waals surface area contributed by atoms with E-state index < -0.39 is 11.4 Å². The lowest BCUT2D eigenvalue weighted by molar-refractivity contribution is -0.153. The molecule has 1 aromatic carbocycles. The highest BCUT2D eigenvalue weighted by Crippen LogP contribution is 2.37. The quantitative estimate of drug-likeness (QED) is 0.752. The van der Waals surface area contributed by atoms with Crippen LogP contribution < -0.4 is 9.47 Å². The molecular weight excluding hydrogens is 334 g/mol. The zero-order valence-corrected chi connectivity index (χ0v) is 15.8. The number of piperidine rings is 1. The number of likely N-dealkylation sites (tertiary alicyclic amines) is 1. The number of rotatable bonds is 7. The molecule has 1 aromatic rings. The lowest BCUT2D eigenvalue weighted by Gasteiger charge is -2.40. The zero-order chi connectivity index (χ0) is 18.6. The highest BCUT2D eigenvalue weighted by molar-refractivity contribution is 5.75. The molecule has 0 saturated carbocycles. The first-order valence-corrected chi connectivity index (χ1v) is 9.38. The maximum Gasteiger partial charge on any atom is 0.310 e. The topological polar surface area (TPSA) is 68.2 Å². The van der Waals surface area contributed by atoms with Gasteiger partial charge < -0.3 is 19.3 Å². The number of fused-ring (bicyclic) bond motifs is 1. The van der Waals surface area contributed by atoms with Crippen molar-refractivity contribution in [2.75, 3.05) is 40.0 Å². The van der Waals surface area contributed by atoms with E-state index in [0.717, 1.165) is 49.4 Å². The van der Waals surface area contributed by atoms with Crippen LogP contribution in [0, 0.1) is 12.3 Å². The van der Waals surface area contributed by atoms with E-state index >= 15 is 0 Å². The number of carboxylic acids is 1. The van der Waals surface area contributed by atoms with Gasteiger partial charge in [0, 0.05) is 26.8 Å². The van der Waals surface area contributed by atoms with Gasteiger partial charge in [0.1, 0.15) is 13.2 Å². The van der Waals surface area contributed by atoms with Gasteiger partial charge in [0.15, 0.2) is 11.5 Å². The summed E-state index contributed by atoms with van der Waals surface area (Å²) in [5.74, 6) is 0.909. The molecule has 0 amide bonds. The van der Waals surface area contributed by atoms with Gasteiger partial charge in [0.25, 0.3) is 0 Å². The average molecular weight is 363 g/mol. The fraction of sp³-hybridized carbons (Fsp3) is 0.650. The Hall–Kier alpha value is -1.79. The van der Waals surface area contributed by atoms with E-state index in [2.05, 4.69) is 11.8 Å². The first-order chi connectivity index (χ1) is 12.5. The van der Waals surface area contributed by atoms with Crippen LogP contribution in [0.25, 0.3) is 0 Å². The van der Waals surface area contributed by atoms with Crippen LogP contribution in [-0.4, -0.2) is 56.0 Å². The molecule has 1 N–H and O–H groups in total. The van der Waals surface area contributed by atoms with E-state index in [1.807, 2.05) is 12.1 Å². The van der Waals surface area contributed by atoms with Crippen molar-refractivity contribution in [1.82, 2.24) is 4.90 Å². The van der Waals surface area contributed by atoms with Gasteiger partial charge in [-0.2, -0.15) is 0 Å². The van der Waals surface area contributed by atoms with E-state index in [9.17, 15) is 9.90 Å². The molecule has 26 heavy (non-hydrogen) atoms. The predicted octanol–water partition coefficient (Wildman–Crippen LogP) is 2.86. The van der Waals surface area contributed by atoms with E-state index in [4.69, 9.17) is 14.2 Å². The lowest BCUT2D eigenvalue weighted by Crippen LogP contribution is -2.47. The molecule has 6 heteroatoms. The summed E-state index contributed by atoms with van der Waals surface area (Å²) in [5.41, 5.74) is 1.66. The van der Waals surface area contributed by atoms with Crippen molar-refractivity contribution in [2.45, 2.75) is 39.2 Å². The Bertz CT molecular complexity index is 647. The summed E-state index contributed by atoms with van der Waals surface area (Å²) in [6.07, 6.45) is 3.08. The third-order valence-corrected chi connectivity index (χ3v) is 5.51. The minimum absolute atomic E-state index is 0.570. The highest BCUT2D eigenvalue weighted by atomic mass is 16.6. The number of hydrogen-bond donors (Lipinski definition) is 1. The maximum absolute atomic E-state index is 12.0. The van der Waals surface area contributed by atoms with E-state index in [1.54, 1.807) is 7.11 Å². The highest BCUT2D eigenvalue weighted by Gasteiger charge is 2.41. The Morgan fingerprint density at radius 3 is 2.73 bits per heavy atom. The van der Waals surface area contributed by atoms with Gasteiger partial charge in [-0.05, 0) is 62.4 Å². The minimum Gasteiger partial charge on any atom is -0.486 e. The summed E-state index contributed by atoms with van der Waals surface area (Å²) < 4.78 is 16.5. The van der Waals surface area contributed by atoms with Crippen molar-refractivity contribution in [3.8, 4) is 11.5 Å². The Balaban J connectivity index is 1.72. The molecule has 0 radical (unpaired) electrons. The van der Waals surface area contributed by atoms with Gasteiger partial charge in [-0.1, -0.05) is 0 Å². The van der Waals surface area contributed by atoms with Crippen LogP contribution in [0.1, 0.15) is 36.8 Å². The summed E-state index contributed by atoms with van der Waals surface area (Å²) in [5, 5.41) is 9.88. The van der Waals surface area contributed by atoms with Crippen LogP contribution in [0.2, 0.25) is 0 Å². The number of benzene rings is 1. The molecule has 1 unspecified atom stereocenters. The third kappa shape index (κ3) is 4.13. The first-order valence-electron chi connectivity index (χ1n) is 9.38. The molecule has 0 aromatic heterocycles. The third-order valence-electron chi connectivity index (χ3n) is 5.51. The molecule has 0 bridgehead atoms. The standard InChI is InChI=1S/C20H29NO5/c1-15-11-17-18(26-10-9-25-17)12-16(15)13-21-7-3-5-20(14-21,19(22)23)6-4-8-24-2/h11-12H,3-10,13-14H2,1-2H3,(H,22,23). The Labute approximate surface area is 155 Å². The van der Waals surface area contributed by atoms with Gasteiger partial charge in [-0.3, -0.25) is 9.69 Å². The molecule has 2 aliphatic heterocycles. The molecule has 3 rings (SSSR count). The second-order valence-corrected chi connectivity index (χ2v) is 7.42. The van der Waals surface area contributed by atoms with Crippen molar-refractivity contribution in [3.63, 3.8) is 0 Å². The largest absolute Gasteiger partial charge is 0.486 e. The number of aliphatic carboxylic acids is 1. The van der Waals surface area contributed by atoms with Gasteiger partial charge in [0.05, 0.1) is 5.41 Å². The zero-order valence-electron chi connectivity index (χ0n) is 15.8. The predicted molar refractivity (Wildman–Crippen MR) is 97.9 cm³/mol. The number of nitrogens with zero attached hydrogens (tertiary/aromatic N) is 1. The second kappa shape index (κ2) is 8.27. The number of methoxy groups -OCH3 is 1. The summed E-state index contributed by atoms with van der Waals surface area (Å²) in [6.45, 7) is 6.08. The summed E-state index contributed by atoms with van der Waals surface area (Å²) in [6, 6.07) is 4.07. The summed E-state index contributed by atoms with van der Waals surface area (Å²) in [4.78, 5) is 14.3. The molecule has 1 saturated heterocycles. The SMILES string of the molecule is COCCCC1(C(=O)O)CCCN(Cc2cc3c(cc2C)OCCO3)C1. The van der Waals surface area contributed by atoms with Crippen molar-refractivity contribution >= 4 is 5.97 Å². The molecule has 1 atom stereocenters. The van der Waals surface area contributed by atoms with E-state index in [0.29, 0.717) is 32.8 Å². The Morgan fingerprint density at radius 2 is 2.04 bits per heavy atom. The summed E-state index contributed by atoms with van der Waals surface area (Å²) in [7, 11) is 1.66. The number of carbonyl (C=O) groups is 1. The smallest absolute Gasteiger partial charge is 0.310 e. The van der Waals surface area contributed by atoms with E-state index in [1.165, 1.54) is 5.56 Å². The average Bonchev–Trinajstić information content (AvgIpc) is 2.63. The van der Waals surface area contributed by atoms with Gasteiger partial charge in [-0.15, -0.1) is 0 Å². The molecule has 144 valence electrons. The van der Waals surface area contributed by atoms with Gasteiger partial charge in [0.2, 0.25) is 0 Å². The molecule has 0 aliphatic carbocycles. The van der Waals surface area contributed by atoms with Gasteiger partial charge >= 0.3 is 5.97 Å². The lowest BCUT2D eigenvalue weighted by atomic mass is 9.76. The molecular formula is C20H29NO5. The van der Waals surface area contributed by atoms with Crippen molar-refractivity contribution in [3.05, 3.63) is 23.3 Å². The van der Waals surface area contributed by atoms with Crippen molar-refractivity contribution in [2.24, 2.45) is 5.41 Å². The van der Waals surface area contributed by atoms with Crippen LogP contribution in [0.15, 0.2) is 12.1 Å². The molecule has 6 nitrogen and oxygen atoms in total. The number of ether oxygens (including phenoxy) is 3. The van der Waals surface area contributed by atoms with Crippen LogP contribution in [0.4, 0.5) is 0 Å². The number of carboxylic acid groups (broad SMARTS) is 1. The van der Waals surface area contributed by atoms with Crippen molar-refractivity contribution < 1.29 is 24.1 Å². The number of aryl methyl sites for hydroxylation is 1. The van der Waals surface area contributed by atoms with E-state index in [-0.39, 0.29) is 0 Å². The Kier molecular flexibility index (Phi) is 6.04. The maximum atomic E-state index is 12.0. The van der Waals surface area contributed by atoms with Crippen LogP contribution in [-0.2, 0) is 16.1 Å². The van der Waals surface area contributed by atoms with Gasteiger partial charge in [-0.25, -0.2) is 0 Å². The van der Waals surface area contributed by atoms with Crippen LogP contribution in [0.5, 0.6) is 11.5 Å². The number of hydrogen-bond acceptors (Lipinski definition) is 5. The second-order valence-electron chi connectivity index (χ2n) is 7.42. The molecule has 0 spiro atoms. The molecule has 2 heterocycles.